The molecule has 0 atom stereocenters. The van der Waals surface area contributed by atoms with Crippen LogP contribution in [0.2, 0.25) is 0 Å². The molecule has 240 valence electrons. The van der Waals surface area contributed by atoms with Crippen LogP contribution < -0.4 is 20.1 Å². The average Bonchev–Trinajstić information content (AvgIpc) is 2.98. The Labute approximate surface area is 268 Å². The molecule has 4 aromatic rings. The number of benzene rings is 4. The van der Waals surface area contributed by atoms with Gasteiger partial charge in [0.25, 0.3) is 0 Å². The number of amides is 2. The molecule has 0 heterocycles. The van der Waals surface area contributed by atoms with E-state index in [1.807, 2.05) is 12.1 Å². The highest BCUT2D eigenvalue weighted by Gasteiger charge is 2.17. The molecule has 0 aliphatic carbocycles. The molecule has 4 rings (SSSR count). The summed E-state index contributed by atoms with van der Waals surface area (Å²) < 4.78 is 20.8. The molecule has 0 aliphatic rings. The Bertz CT molecular complexity index is 1470. The van der Waals surface area contributed by atoms with Gasteiger partial charge in [-0.05, 0) is 114 Å². The third kappa shape index (κ3) is 12.9. The van der Waals surface area contributed by atoms with Crippen molar-refractivity contribution in [1.29, 1.82) is 0 Å². The van der Waals surface area contributed by atoms with E-state index in [2.05, 4.69) is 10.6 Å². The van der Waals surface area contributed by atoms with Gasteiger partial charge in [-0.3, -0.25) is 10.6 Å². The number of carbonyl (C=O) groups is 4. The van der Waals surface area contributed by atoms with Crippen molar-refractivity contribution in [3.05, 3.63) is 120 Å². The van der Waals surface area contributed by atoms with Crippen LogP contribution >= 0.6 is 0 Å². The molecular weight excluding hydrogens is 588 g/mol. The van der Waals surface area contributed by atoms with E-state index in [9.17, 15) is 19.2 Å². The molecule has 46 heavy (non-hydrogen) atoms. The van der Waals surface area contributed by atoms with Gasteiger partial charge in [0.15, 0.2) is 0 Å². The standard InChI is InChI=1S/2C18H19NO4/c2*1-18(2,3)23-17(21)19-14-9-11-15(12-10-14)22-16(20)13-7-5-4-6-8-13/h2*4-12H,1-3H3,(H,19,21). The van der Waals surface area contributed by atoms with Crippen LogP contribution in [0.25, 0.3) is 0 Å². The Kier molecular flexibility index (Phi) is 12.0. The van der Waals surface area contributed by atoms with Crippen molar-refractivity contribution in [1.82, 2.24) is 0 Å². The first kappa shape index (κ1) is 34.8. The molecule has 2 N–H and O–H groups in total. The molecule has 0 radical (unpaired) electrons. The van der Waals surface area contributed by atoms with Crippen LogP contribution in [0.1, 0.15) is 62.3 Å². The first-order chi connectivity index (χ1) is 21.7. The molecule has 0 aromatic heterocycles. The lowest BCUT2D eigenvalue weighted by atomic mass is 10.2. The molecule has 0 saturated carbocycles. The van der Waals surface area contributed by atoms with Gasteiger partial charge in [-0.2, -0.15) is 0 Å². The molecule has 10 heteroatoms. The van der Waals surface area contributed by atoms with Gasteiger partial charge in [0.05, 0.1) is 11.1 Å². The second-order valence-corrected chi connectivity index (χ2v) is 11.8. The van der Waals surface area contributed by atoms with Crippen LogP contribution in [-0.4, -0.2) is 35.3 Å². The first-order valence-corrected chi connectivity index (χ1v) is 14.4. The van der Waals surface area contributed by atoms with Crippen LogP contribution in [0, 0.1) is 0 Å². The Morgan fingerprint density at radius 3 is 1.04 bits per heavy atom. The number of rotatable bonds is 6. The Morgan fingerprint density at radius 2 is 0.761 bits per heavy atom. The summed E-state index contributed by atoms with van der Waals surface area (Å²) in [6.45, 7) is 10.7. The minimum Gasteiger partial charge on any atom is -0.444 e. The zero-order chi connectivity index (χ0) is 33.7. The molecule has 10 nitrogen and oxygen atoms in total. The smallest absolute Gasteiger partial charge is 0.412 e. The van der Waals surface area contributed by atoms with E-state index in [1.54, 1.807) is 139 Å². The van der Waals surface area contributed by atoms with Crippen LogP contribution in [-0.2, 0) is 9.47 Å². The molecule has 0 aliphatic heterocycles. The van der Waals surface area contributed by atoms with Gasteiger partial charge in [0.2, 0.25) is 0 Å². The number of hydrogen-bond acceptors (Lipinski definition) is 8. The van der Waals surface area contributed by atoms with E-state index in [-0.39, 0.29) is 0 Å². The largest absolute Gasteiger partial charge is 0.444 e. The van der Waals surface area contributed by atoms with Crippen LogP contribution in [0.3, 0.4) is 0 Å². The van der Waals surface area contributed by atoms with E-state index >= 15 is 0 Å². The zero-order valence-corrected chi connectivity index (χ0v) is 26.7. The van der Waals surface area contributed by atoms with Crippen molar-refractivity contribution >= 4 is 35.5 Å². The minimum atomic E-state index is -0.560. The number of hydrogen-bond donors (Lipinski definition) is 2. The lowest BCUT2D eigenvalue weighted by molar-refractivity contribution is 0.0624. The van der Waals surface area contributed by atoms with Crippen LogP contribution in [0.4, 0.5) is 21.0 Å². The summed E-state index contributed by atoms with van der Waals surface area (Å²) in [6.07, 6.45) is -1.07. The van der Waals surface area contributed by atoms with Gasteiger partial charge in [-0.25, -0.2) is 19.2 Å². The highest BCUT2D eigenvalue weighted by Crippen LogP contribution is 2.20. The van der Waals surface area contributed by atoms with Gasteiger partial charge in [0, 0.05) is 11.4 Å². The van der Waals surface area contributed by atoms with E-state index < -0.39 is 35.3 Å². The van der Waals surface area contributed by atoms with Gasteiger partial charge >= 0.3 is 24.1 Å². The quantitative estimate of drug-likeness (QED) is 0.161. The van der Waals surface area contributed by atoms with Crippen LogP contribution in [0.5, 0.6) is 11.5 Å². The molecule has 4 aromatic carbocycles. The summed E-state index contributed by atoms with van der Waals surface area (Å²) in [7, 11) is 0. The van der Waals surface area contributed by atoms with Crippen molar-refractivity contribution in [3.8, 4) is 11.5 Å². The predicted molar refractivity (Wildman–Crippen MR) is 175 cm³/mol. The topological polar surface area (TPSA) is 129 Å². The van der Waals surface area contributed by atoms with Crippen molar-refractivity contribution in [2.24, 2.45) is 0 Å². The number of esters is 2. The minimum absolute atomic E-state index is 0.397. The lowest BCUT2D eigenvalue weighted by Gasteiger charge is -2.19. The number of anilines is 2. The average molecular weight is 627 g/mol. The van der Waals surface area contributed by atoms with E-state index in [1.165, 1.54) is 0 Å². The third-order valence-electron chi connectivity index (χ3n) is 5.44. The van der Waals surface area contributed by atoms with Gasteiger partial charge in [-0.15, -0.1) is 0 Å². The SMILES string of the molecule is CC(C)(C)OC(=O)Nc1ccc(OC(=O)c2ccccc2)cc1.CC(C)(C)OC(=O)Nc1ccc(OC(=O)c2ccccc2)cc1. The second kappa shape index (κ2) is 15.9. The Hall–Kier alpha value is -5.64. The van der Waals surface area contributed by atoms with E-state index in [0.29, 0.717) is 34.0 Å². The summed E-state index contributed by atoms with van der Waals surface area (Å²) >= 11 is 0. The maximum absolute atomic E-state index is 11.9. The fourth-order valence-corrected chi connectivity index (χ4v) is 3.54. The molecule has 0 saturated heterocycles. The molecule has 0 bridgehead atoms. The Balaban J connectivity index is 0.000000250. The third-order valence-corrected chi connectivity index (χ3v) is 5.44. The summed E-state index contributed by atoms with van der Waals surface area (Å²) in [5.41, 5.74) is 0.939. The Morgan fingerprint density at radius 1 is 0.457 bits per heavy atom. The summed E-state index contributed by atoms with van der Waals surface area (Å²) in [6, 6.07) is 30.4. The molecule has 0 spiro atoms. The van der Waals surface area contributed by atoms with E-state index in [0.717, 1.165) is 0 Å². The maximum Gasteiger partial charge on any atom is 0.412 e. The van der Waals surface area contributed by atoms with Gasteiger partial charge in [-0.1, -0.05) is 36.4 Å². The van der Waals surface area contributed by atoms with Gasteiger partial charge in [0.1, 0.15) is 22.7 Å². The first-order valence-electron chi connectivity index (χ1n) is 14.4. The monoisotopic (exact) mass is 626 g/mol. The van der Waals surface area contributed by atoms with Crippen molar-refractivity contribution < 1.29 is 38.1 Å². The summed E-state index contributed by atoms with van der Waals surface area (Å²) in [5, 5.41) is 5.22. The maximum atomic E-state index is 11.9. The van der Waals surface area contributed by atoms with Crippen molar-refractivity contribution in [2.75, 3.05) is 10.6 Å². The number of carbonyl (C=O) groups excluding carboxylic acids is 4. The molecule has 0 unspecified atom stereocenters. The molecule has 0 fully saturated rings. The van der Waals surface area contributed by atoms with Crippen molar-refractivity contribution in [3.63, 3.8) is 0 Å². The predicted octanol–water partition coefficient (Wildman–Crippen LogP) is 8.51. The van der Waals surface area contributed by atoms with Crippen molar-refractivity contribution in [2.45, 2.75) is 52.7 Å². The highest BCUT2D eigenvalue weighted by atomic mass is 16.6. The summed E-state index contributed by atoms with van der Waals surface area (Å²) in [4.78, 5) is 47.2. The van der Waals surface area contributed by atoms with Crippen LogP contribution in [0.15, 0.2) is 109 Å². The fraction of sp³-hybridized carbons (Fsp3) is 0.222. The summed E-state index contributed by atoms with van der Waals surface area (Å²) in [5.74, 6) is -0.0703. The fourth-order valence-electron chi connectivity index (χ4n) is 3.54. The highest BCUT2D eigenvalue weighted by molar-refractivity contribution is 5.92. The number of ether oxygens (including phenoxy) is 4. The van der Waals surface area contributed by atoms with E-state index in [4.69, 9.17) is 18.9 Å². The second-order valence-electron chi connectivity index (χ2n) is 11.8. The normalized spacial score (nSPS) is 10.7. The van der Waals surface area contributed by atoms with Gasteiger partial charge < -0.3 is 18.9 Å². The molecular formula is C36H38N2O8. The molecule has 2 amide bonds. The number of nitrogens with one attached hydrogen (secondary N) is 2. The lowest BCUT2D eigenvalue weighted by Crippen LogP contribution is -2.27. The zero-order valence-electron chi connectivity index (χ0n) is 26.7.